The third kappa shape index (κ3) is 4.05. The Balaban J connectivity index is 1.69. The highest BCUT2D eigenvalue weighted by Gasteiger charge is 2.33. The van der Waals surface area contributed by atoms with Gasteiger partial charge in [-0.05, 0) is 55.2 Å². The zero-order valence-electron chi connectivity index (χ0n) is 18.3. The number of nitrogens with zero attached hydrogens (tertiary/aromatic N) is 2. The molecule has 1 aliphatic carbocycles. The summed E-state index contributed by atoms with van der Waals surface area (Å²) in [4.78, 5) is 14.5. The standard InChI is InChI=1S/C24H23Cl2N3O2S/c1-12-19(21(29-31-12)20-16(25)6-5-7-17(20)26)22(30)28-23-15(11-27)14-9-8-13(24(2,3)4)10-18(14)32-23/h5-7,13H,8-10H2,1-4H3,(H,28,30). The zero-order chi connectivity index (χ0) is 23.2. The Bertz CT molecular complexity index is 1230. The number of anilines is 1. The molecule has 0 saturated heterocycles. The van der Waals surface area contributed by atoms with E-state index in [0.29, 0.717) is 37.9 Å². The molecule has 5 nitrogen and oxygen atoms in total. The van der Waals surface area contributed by atoms with Gasteiger partial charge < -0.3 is 9.84 Å². The quantitative estimate of drug-likeness (QED) is 0.420. The van der Waals surface area contributed by atoms with E-state index in [1.54, 1.807) is 25.1 Å². The number of aryl methyl sites for hydroxylation is 1. The van der Waals surface area contributed by atoms with Gasteiger partial charge in [0.15, 0.2) is 0 Å². The number of halogens is 2. The second-order valence-corrected chi connectivity index (χ2v) is 11.1. The zero-order valence-corrected chi connectivity index (χ0v) is 20.6. The van der Waals surface area contributed by atoms with E-state index in [1.807, 2.05) is 0 Å². The molecule has 1 aliphatic rings. The van der Waals surface area contributed by atoms with Gasteiger partial charge in [0, 0.05) is 10.4 Å². The van der Waals surface area contributed by atoms with Gasteiger partial charge in [-0.15, -0.1) is 11.3 Å². The Morgan fingerprint density at radius 2 is 2.00 bits per heavy atom. The van der Waals surface area contributed by atoms with Crippen LogP contribution in [0.5, 0.6) is 0 Å². The predicted octanol–water partition coefficient (Wildman–Crippen LogP) is 7.29. The van der Waals surface area contributed by atoms with E-state index in [1.165, 1.54) is 16.2 Å². The first-order valence-electron chi connectivity index (χ1n) is 10.4. The number of hydrogen-bond donors (Lipinski definition) is 1. The van der Waals surface area contributed by atoms with Crippen molar-refractivity contribution >= 4 is 45.4 Å². The minimum Gasteiger partial charge on any atom is -0.360 e. The van der Waals surface area contributed by atoms with Gasteiger partial charge in [-0.3, -0.25) is 4.79 Å². The van der Waals surface area contributed by atoms with Crippen LogP contribution in [0.15, 0.2) is 22.7 Å². The molecule has 166 valence electrons. The van der Waals surface area contributed by atoms with Crippen LogP contribution in [0.2, 0.25) is 10.0 Å². The maximum atomic E-state index is 13.3. The van der Waals surface area contributed by atoms with Crippen molar-refractivity contribution in [2.24, 2.45) is 11.3 Å². The Morgan fingerprint density at radius 1 is 1.31 bits per heavy atom. The van der Waals surface area contributed by atoms with E-state index in [4.69, 9.17) is 27.7 Å². The topological polar surface area (TPSA) is 78.9 Å². The van der Waals surface area contributed by atoms with Crippen molar-refractivity contribution in [1.29, 1.82) is 5.26 Å². The molecule has 3 aromatic rings. The maximum absolute atomic E-state index is 13.3. The van der Waals surface area contributed by atoms with Gasteiger partial charge in [-0.1, -0.05) is 55.2 Å². The summed E-state index contributed by atoms with van der Waals surface area (Å²) >= 11 is 14.2. The van der Waals surface area contributed by atoms with Crippen molar-refractivity contribution in [1.82, 2.24) is 5.16 Å². The molecule has 0 bridgehead atoms. The van der Waals surface area contributed by atoms with Crippen LogP contribution < -0.4 is 5.32 Å². The van der Waals surface area contributed by atoms with Gasteiger partial charge in [0.05, 0.1) is 15.6 Å². The smallest absolute Gasteiger partial charge is 0.262 e. The summed E-state index contributed by atoms with van der Waals surface area (Å²) in [6, 6.07) is 7.39. The van der Waals surface area contributed by atoms with Crippen molar-refractivity contribution in [2.75, 3.05) is 5.32 Å². The fourth-order valence-electron chi connectivity index (χ4n) is 4.23. The van der Waals surface area contributed by atoms with E-state index in [9.17, 15) is 10.1 Å². The Labute approximate surface area is 201 Å². The van der Waals surface area contributed by atoms with E-state index in [-0.39, 0.29) is 16.7 Å². The van der Waals surface area contributed by atoms with Crippen molar-refractivity contribution in [3.8, 4) is 17.3 Å². The van der Waals surface area contributed by atoms with Crippen LogP contribution in [0, 0.1) is 29.6 Å². The van der Waals surface area contributed by atoms with Gasteiger partial charge in [0.1, 0.15) is 28.1 Å². The van der Waals surface area contributed by atoms with Gasteiger partial charge in [-0.2, -0.15) is 5.26 Å². The number of hydrogen-bond acceptors (Lipinski definition) is 5. The van der Waals surface area contributed by atoms with Gasteiger partial charge >= 0.3 is 0 Å². The fraction of sp³-hybridized carbons (Fsp3) is 0.375. The van der Waals surface area contributed by atoms with Crippen molar-refractivity contribution < 1.29 is 9.32 Å². The number of amides is 1. The van der Waals surface area contributed by atoms with Crippen LogP contribution in [0.3, 0.4) is 0 Å². The normalized spacial score (nSPS) is 15.8. The highest BCUT2D eigenvalue weighted by molar-refractivity contribution is 7.16. The Morgan fingerprint density at radius 3 is 2.62 bits per heavy atom. The summed E-state index contributed by atoms with van der Waals surface area (Å²) < 4.78 is 5.32. The number of nitrogens with one attached hydrogen (secondary N) is 1. The number of carbonyl (C=O) groups excluding carboxylic acids is 1. The summed E-state index contributed by atoms with van der Waals surface area (Å²) in [7, 11) is 0. The molecule has 1 unspecified atom stereocenters. The fourth-order valence-corrected chi connectivity index (χ4v) is 6.08. The van der Waals surface area contributed by atoms with Crippen LogP contribution in [0.1, 0.15) is 59.3 Å². The van der Waals surface area contributed by atoms with Crippen LogP contribution in [0.4, 0.5) is 5.00 Å². The first-order chi connectivity index (χ1) is 15.1. The average molecular weight is 488 g/mol. The van der Waals surface area contributed by atoms with Gasteiger partial charge in [0.2, 0.25) is 0 Å². The minimum absolute atomic E-state index is 0.195. The van der Waals surface area contributed by atoms with Crippen LogP contribution in [-0.2, 0) is 12.8 Å². The molecule has 2 heterocycles. The molecule has 1 aromatic carbocycles. The van der Waals surface area contributed by atoms with Crippen LogP contribution in [-0.4, -0.2) is 11.1 Å². The molecule has 0 saturated carbocycles. The average Bonchev–Trinajstić information content (AvgIpc) is 3.26. The second kappa shape index (κ2) is 8.55. The van der Waals surface area contributed by atoms with E-state index < -0.39 is 5.91 Å². The lowest BCUT2D eigenvalue weighted by Crippen LogP contribution is -2.26. The lowest BCUT2D eigenvalue weighted by atomic mass is 9.72. The lowest BCUT2D eigenvalue weighted by Gasteiger charge is -2.33. The van der Waals surface area contributed by atoms with E-state index >= 15 is 0 Å². The molecule has 1 atom stereocenters. The number of thiophene rings is 1. The summed E-state index contributed by atoms with van der Waals surface area (Å²) in [5.74, 6) is 0.483. The van der Waals surface area contributed by atoms with Crippen molar-refractivity contribution in [2.45, 2.75) is 47.0 Å². The predicted molar refractivity (Wildman–Crippen MR) is 129 cm³/mol. The van der Waals surface area contributed by atoms with Crippen LogP contribution >= 0.6 is 34.5 Å². The summed E-state index contributed by atoms with van der Waals surface area (Å²) in [5, 5.41) is 18.1. The van der Waals surface area contributed by atoms with Crippen molar-refractivity contribution in [3.63, 3.8) is 0 Å². The summed E-state index contributed by atoms with van der Waals surface area (Å²) in [5.41, 5.74) is 2.78. The highest BCUT2D eigenvalue weighted by Crippen LogP contribution is 2.44. The molecule has 0 aliphatic heterocycles. The third-order valence-electron chi connectivity index (χ3n) is 6.12. The Kier molecular flexibility index (Phi) is 6.10. The monoisotopic (exact) mass is 487 g/mol. The van der Waals surface area contributed by atoms with Gasteiger partial charge in [-0.25, -0.2) is 0 Å². The Hall–Kier alpha value is -2.33. The van der Waals surface area contributed by atoms with Crippen LogP contribution in [0.25, 0.3) is 11.3 Å². The number of rotatable bonds is 3. The highest BCUT2D eigenvalue weighted by atomic mass is 35.5. The van der Waals surface area contributed by atoms with E-state index in [2.05, 4.69) is 37.3 Å². The molecule has 1 N–H and O–H groups in total. The second-order valence-electron chi connectivity index (χ2n) is 9.14. The van der Waals surface area contributed by atoms with Crippen molar-refractivity contribution in [3.05, 3.63) is 55.6 Å². The first-order valence-corrected chi connectivity index (χ1v) is 12.0. The lowest BCUT2D eigenvalue weighted by molar-refractivity contribution is 0.102. The third-order valence-corrected chi connectivity index (χ3v) is 7.92. The molecule has 32 heavy (non-hydrogen) atoms. The molecule has 4 rings (SSSR count). The van der Waals surface area contributed by atoms with E-state index in [0.717, 1.165) is 24.8 Å². The number of nitriles is 1. The molecule has 1 amide bonds. The minimum atomic E-state index is -0.405. The largest absolute Gasteiger partial charge is 0.360 e. The molecule has 0 radical (unpaired) electrons. The summed E-state index contributed by atoms with van der Waals surface area (Å²) in [6.07, 6.45) is 2.80. The molecular formula is C24H23Cl2N3O2S. The molecular weight excluding hydrogens is 465 g/mol. The number of aromatic nitrogens is 1. The number of fused-ring (bicyclic) bond motifs is 1. The molecule has 2 aromatic heterocycles. The number of carbonyl (C=O) groups is 1. The molecule has 0 spiro atoms. The molecule has 0 fully saturated rings. The van der Waals surface area contributed by atoms with Gasteiger partial charge in [0.25, 0.3) is 5.91 Å². The first kappa shape index (κ1) is 22.8. The number of benzene rings is 1. The molecule has 8 heteroatoms. The SMILES string of the molecule is Cc1onc(-c2c(Cl)cccc2Cl)c1C(=O)Nc1sc2c(c1C#N)CCC(C(C)(C)C)C2. The summed E-state index contributed by atoms with van der Waals surface area (Å²) in [6.45, 7) is 8.41. The maximum Gasteiger partial charge on any atom is 0.262 e.